The first-order chi connectivity index (χ1) is 7.74. The van der Waals surface area contributed by atoms with E-state index in [-0.39, 0.29) is 12.5 Å². The standard InChI is InChI=1S/C12H16N2O2/c1-13-10-4-2-3-5-11(10)14(8-9-15)7-6-12(13)16/h2-5,15H,6-9H2,1H3. The number of β-amino-alcohol motifs (C(OH)–C–C–N with tert-alkyl or cyclic N) is 1. The summed E-state index contributed by atoms with van der Waals surface area (Å²) in [6.07, 6.45) is 0.491. The predicted molar refractivity (Wildman–Crippen MR) is 63.8 cm³/mol. The van der Waals surface area contributed by atoms with E-state index in [2.05, 4.69) is 4.90 Å². The number of amides is 1. The molecule has 1 amide bonds. The van der Waals surface area contributed by atoms with Crippen molar-refractivity contribution in [2.24, 2.45) is 0 Å². The summed E-state index contributed by atoms with van der Waals surface area (Å²) in [6.45, 7) is 1.34. The van der Waals surface area contributed by atoms with Gasteiger partial charge in [-0.05, 0) is 12.1 Å². The normalized spacial score (nSPS) is 16.0. The topological polar surface area (TPSA) is 43.8 Å². The Bertz CT molecular complexity index is 392. The molecule has 0 radical (unpaired) electrons. The van der Waals surface area contributed by atoms with Crippen molar-refractivity contribution in [2.45, 2.75) is 6.42 Å². The number of para-hydroxylation sites is 2. The van der Waals surface area contributed by atoms with Crippen LogP contribution < -0.4 is 9.80 Å². The van der Waals surface area contributed by atoms with Gasteiger partial charge in [-0.2, -0.15) is 0 Å². The minimum absolute atomic E-state index is 0.103. The molecular formula is C12H16N2O2. The molecule has 16 heavy (non-hydrogen) atoms. The summed E-state index contributed by atoms with van der Waals surface area (Å²) >= 11 is 0. The molecule has 0 fully saturated rings. The molecule has 0 aromatic heterocycles. The van der Waals surface area contributed by atoms with Gasteiger partial charge in [0, 0.05) is 26.6 Å². The first kappa shape index (κ1) is 11.0. The SMILES string of the molecule is CN1C(=O)CCN(CCO)c2ccccc21. The highest BCUT2D eigenvalue weighted by atomic mass is 16.3. The Morgan fingerprint density at radius 2 is 2.00 bits per heavy atom. The second-order valence-electron chi connectivity index (χ2n) is 3.90. The van der Waals surface area contributed by atoms with Gasteiger partial charge in [0.1, 0.15) is 0 Å². The molecular weight excluding hydrogens is 204 g/mol. The number of benzene rings is 1. The van der Waals surface area contributed by atoms with E-state index < -0.39 is 0 Å². The third-order valence-electron chi connectivity index (χ3n) is 2.92. The van der Waals surface area contributed by atoms with Crippen molar-refractivity contribution in [2.75, 3.05) is 36.5 Å². The van der Waals surface area contributed by atoms with Crippen LogP contribution in [0.15, 0.2) is 24.3 Å². The lowest BCUT2D eigenvalue weighted by Gasteiger charge is -2.24. The molecule has 0 saturated heterocycles. The summed E-state index contributed by atoms with van der Waals surface area (Å²) in [5.41, 5.74) is 1.93. The zero-order chi connectivity index (χ0) is 11.5. The highest BCUT2D eigenvalue weighted by Crippen LogP contribution is 2.31. The predicted octanol–water partition coefficient (Wildman–Crippen LogP) is 0.852. The van der Waals surface area contributed by atoms with E-state index in [1.54, 1.807) is 11.9 Å². The Balaban J connectivity index is 2.41. The van der Waals surface area contributed by atoms with Crippen molar-refractivity contribution >= 4 is 17.3 Å². The number of hydrogen-bond acceptors (Lipinski definition) is 3. The highest BCUT2D eigenvalue weighted by molar-refractivity contribution is 5.98. The minimum Gasteiger partial charge on any atom is -0.395 e. The zero-order valence-corrected chi connectivity index (χ0v) is 9.39. The summed E-state index contributed by atoms with van der Waals surface area (Å²) < 4.78 is 0. The van der Waals surface area contributed by atoms with Gasteiger partial charge in [-0.15, -0.1) is 0 Å². The molecule has 0 unspecified atom stereocenters. The zero-order valence-electron chi connectivity index (χ0n) is 9.39. The maximum absolute atomic E-state index is 11.8. The van der Waals surface area contributed by atoms with Crippen LogP contribution in [0, 0.1) is 0 Å². The smallest absolute Gasteiger partial charge is 0.228 e. The van der Waals surface area contributed by atoms with E-state index in [1.165, 1.54) is 0 Å². The molecule has 1 aromatic carbocycles. The van der Waals surface area contributed by atoms with Crippen molar-refractivity contribution < 1.29 is 9.90 Å². The number of nitrogens with zero attached hydrogens (tertiary/aromatic N) is 2. The molecule has 86 valence electrons. The van der Waals surface area contributed by atoms with Crippen molar-refractivity contribution in [3.63, 3.8) is 0 Å². The number of rotatable bonds is 2. The summed E-state index contributed by atoms with van der Waals surface area (Å²) in [5.74, 6) is 0.118. The first-order valence-corrected chi connectivity index (χ1v) is 5.45. The number of carbonyl (C=O) groups is 1. The van der Waals surface area contributed by atoms with Crippen molar-refractivity contribution in [1.82, 2.24) is 0 Å². The van der Waals surface area contributed by atoms with Gasteiger partial charge < -0.3 is 14.9 Å². The van der Waals surface area contributed by atoms with Gasteiger partial charge in [-0.25, -0.2) is 0 Å². The summed E-state index contributed by atoms with van der Waals surface area (Å²) in [5, 5.41) is 9.03. The number of aliphatic hydroxyl groups is 1. The molecule has 1 heterocycles. The van der Waals surface area contributed by atoms with Gasteiger partial charge in [0.15, 0.2) is 0 Å². The third-order valence-corrected chi connectivity index (χ3v) is 2.92. The van der Waals surface area contributed by atoms with Crippen molar-refractivity contribution in [3.8, 4) is 0 Å². The van der Waals surface area contributed by atoms with Crippen molar-refractivity contribution in [3.05, 3.63) is 24.3 Å². The van der Waals surface area contributed by atoms with Gasteiger partial charge in [-0.3, -0.25) is 4.79 Å². The lowest BCUT2D eigenvalue weighted by Crippen LogP contribution is -2.28. The maximum atomic E-state index is 11.8. The van der Waals surface area contributed by atoms with Crippen LogP contribution in [0.5, 0.6) is 0 Å². The van der Waals surface area contributed by atoms with Gasteiger partial charge in [0.2, 0.25) is 5.91 Å². The second kappa shape index (κ2) is 4.53. The molecule has 1 aromatic rings. The van der Waals surface area contributed by atoms with E-state index in [9.17, 15) is 4.79 Å². The Kier molecular flexibility index (Phi) is 3.10. The average Bonchev–Trinajstić information content (AvgIpc) is 2.43. The molecule has 2 rings (SSSR count). The first-order valence-electron chi connectivity index (χ1n) is 5.45. The van der Waals surface area contributed by atoms with E-state index in [1.807, 2.05) is 24.3 Å². The van der Waals surface area contributed by atoms with Crippen LogP contribution >= 0.6 is 0 Å². The van der Waals surface area contributed by atoms with Gasteiger partial charge in [0.05, 0.1) is 18.0 Å². The molecule has 0 saturated carbocycles. The maximum Gasteiger partial charge on any atom is 0.228 e. The molecule has 4 heteroatoms. The monoisotopic (exact) mass is 220 g/mol. The van der Waals surface area contributed by atoms with Gasteiger partial charge in [-0.1, -0.05) is 12.1 Å². The molecule has 1 N–H and O–H groups in total. The molecule has 0 atom stereocenters. The fourth-order valence-electron chi connectivity index (χ4n) is 2.02. The molecule has 4 nitrogen and oxygen atoms in total. The third kappa shape index (κ3) is 1.88. The van der Waals surface area contributed by atoms with Crippen LogP contribution in [0.1, 0.15) is 6.42 Å². The molecule has 0 spiro atoms. The van der Waals surface area contributed by atoms with Crippen LogP contribution in [0.2, 0.25) is 0 Å². The van der Waals surface area contributed by atoms with Crippen molar-refractivity contribution in [1.29, 1.82) is 0 Å². The van der Waals surface area contributed by atoms with Crippen LogP contribution in [0.25, 0.3) is 0 Å². The van der Waals surface area contributed by atoms with Crippen LogP contribution in [-0.4, -0.2) is 37.8 Å². The Morgan fingerprint density at radius 1 is 1.31 bits per heavy atom. The van der Waals surface area contributed by atoms with Crippen LogP contribution in [0.3, 0.4) is 0 Å². The summed E-state index contributed by atoms with van der Waals surface area (Å²) in [6, 6.07) is 7.79. The average molecular weight is 220 g/mol. The molecule has 1 aliphatic rings. The van der Waals surface area contributed by atoms with E-state index in [4.69, 9.17) is 5.11 Å². The lowest BCUT2D eigenvalue weighted by atomic mass is 10.2. The van der Waals surface area contributed by atoms with E-state index in [0.29, 0.717) is 19.5 Å². The second-order valence-corrected chi connectivity index (χ2v) is 3.90. The number of anilines is 2. The van der Waals surface area contributed by atoms with Crippen LogP contribution in [-0.2, 0) is 4.79 Å². The largest absolute Gasteiger partial charge is 0.395 e. The molecule has 1 aliphatic heterocycles. The Labute approximate surface area is 95.1 Å². The number of aliphatic hydroxyl groups excluding tert-OH is 1. The lowest BCUT2D eigenvalue weighted by molar-refractivity contribution is -0.118. The van der Waals surface area contributed by atoms with Gasteiger partial charge >= 0.3 is 0 Å². The van der Waals surface area contributed by atoms with Crippen LogP contribution in [0.4, 0.5) is 11.4 Å². The Hall–Kier alpha value is -1.55. The fraction of sp³-hybridized carbons (Fsp3) is 0.417. The van der Waals surface area contributed by atoms with E-state index >= 15 is 0 Å². The quantitative estimate of drug-likeness (QED) is 0.803. The number of fused-ring (bicyclic) bond motifs is 1. The highest BCUT2D eigenvalue weighted by Gasteiger charge is 2.22. The Morgan fingerprint density at radius 3 is 2.69 bits per heavy atom. The minimum atomic E-state index is 0.103. The summed E-state index contributed by atoms with van der Waals surface area (Å²) in [4.78, 5) is 15.5. The fourth-order valence-corrected chi connectivity index (χ4v) is 2.02. The van der Waals surface area contributed by atoms with Gasteiger partial charge in [0.25, 0.3) is 0 Å². The number of hydrogen-bond donors (Lipinski definition) is 1. The summed E-state index contributed by atoms with van der Waals surface area (Å²) in [7, 11) is 1.80. The van der Waals surface area contributed by atoms with E-state index in [0.717, 1.165) is 11.4 Å². The molecule has 0 bridgehead atoms. The number of carbonyl (C=O) groups excluding carboxylic acids is 1. The molecule has 0 aliphatic carbocycles.